The first-order chi connectivity index (χ1) is 8.54. The lowest BCUT2D eigenvalue weighted by Gasteiger charge is -2.39. The molecule has 0 aromatic heterocycles. The van der Waals surface area contributed by atoms with E-state index in [0.29, 0.717) is 0 Å². The molecule has 0 bridgehead atoms. The van der Waals surface area contributed by atoms with Gasteiger partial charge >= 0.3 is 0 Å². The molecule has 0 radical (unpaired) electrons. The van der Waals surface area contributed by atoms with Crippen LogP contribution in [0.25, 0.3) is 0 Å². The van der Waals surface area contributed by atoms with Crippen LogP contribution in [0.1, 0.15) is 58.8 Å². The Balaban J connectivity index is 0.000000154. The van der Waals surface area contributed by atoms with Crippen molar-refractivity contribution < 1.29 is 9.90 Å². The zero-order valence-electron chi connectivity index (χ0n) is 11.9. The smallest absolute Gasteiger partial charge is 0.300 e. The maximum atomic E-state index is 9.00. The third-order valence-electron chi connectivity index (χ3n) is 4.63. The summed E-state index contributed by atoms with van der Waals surface area (Å²) < 4.78 is 0. The summed E-state index contributed by atoms with van der Waals surface area (Å²) in [6.45, 7) is 4.34. The standard InChI is InChI=1S/C8H15N.C5H10.C2H4O2/c9-5-7-4-6-2-1-3-8(6)7;1-5-3-2-4-5;1-2(3)4/h6-8H,1-5,9H2;5H,2-4H2,1H3;1H3,(H,3,4). The molecule has 3 nitrogen and oxygen atoms in total. The molecular weight excluding hydrogens is 226 g/mol. The molecule has 3 heteroatoms. The number of carboxylic acid groups (broad SMARTS) is 1. The number of carboxylic acids is 1. The van der Waals surface area contributed by atoms with Crippen LogP contribution in [0.5, 0.6) is 0 Å². The molecule has 3 unspecified atom stereocenters. The van der Waals surface area contributed by atoms with Gasteiger partial charge in [0.05, 0.1) is 0 Å². The molecular formula is C15H29NO2. The molecule has 0 spiro atoms. The number of aliphatic carboxylic acids is 1. The number of hydrogen-bond donors (Lipinski definition) is 2. The third-order valence-corrected chi connectivity index (χ3v) is 4.63. The van der Waals surface area contributed by atoms with E-state index in [1.807, 2.05) is 0 Å². The number of carbonyl (C=O) groups is 1. The molecule has 3 rings (SSSR count). The molecule has 0 aromatic rings. The van der Waals surface area contributed by atoms with Crippen molar-refractivity contribution in [2.24, 2.45) is 29.4 Å². The largest absolute Gasteiger partial charge is 0.481 e. The van der Waals surface area contributed by atoms with Gasteiger partial charge in [-0.05, 0) is 43.1 Å². The van der Waals surface area contributed by atoms with Crippen molar-refractivity contribution in [1.82, 2.24) is 0 Å². The van der Waals surface area contributed by atoms with Gasteiger partial charge in [-0.1, -0.05) is 39.0 Å². The Bertz CT molecular complexity index is 247. The van der Waals surface area contributed by atoms with E-state index in [0.717, 1.165) is 37.1 Å². The highest BCUT2D eigenvalue weighted by atomic mass is 16.4. The molecule has 3 saturated carbocycles. The minimum absolute atomic E-state index is 0.833. The monoisotopic (exact) mass is 255 g/mol. The lowest BCUT2D eigenvalue weighted by Crippen LogP contribution is -2.37. The zero-order valence-corrected chi connectivity index (χ0v) is 11.9. The van der Waals surface area contributed by atoms with E-state index in [1.165, 1.54) is 44.9 Å². The van der Waals surface area contributed by atoms with Gasteiger partial charge in [0.2, 0.25) is 0 Å². The van der Waals surface area contributed by atoms with Crippen LogP contribution in [0.4, 0.5) is 0 Å². The van der Waals surface area contributed by atoms with Gasteiger partial charge < -0.3 is 10.8 Å². The predicted molar refractivity (Wildman–Crippen MR) is 74.3 cm³/mol. The van der Waals surface area contributed by atoms with Gasteiger partial charge in [0, 0.05) is 6.92 Å². The number of fused-ring (bicyclic) bond motifs is 1. The lowest BCUT2D eigenvalue weighted by molar-refractivity contribution is -0.134. The molecule has 0 amide bonds. The summed E-state index contributed by atoms with van der Waals surface area (Å²) in [4.78, 5) is 9.00. The fourth-order valence-electron chi connectivity index (χ4n) is 3.23. The van der Waals surface area contributed by atoms with E-state index in [2.05, 4.69) is 6.92 Å². The van der Waals surface area contributed by atoms with Gasteiger partial charge in [0.15, 0.2) is 0 Å². The van der Waals surface area contributed by atoms with Crippen molar-refractivity contribution >= 4 is 5.97 Å². The molecule has 3 aliphatic carbocycles. The molecule has 18 heavy (non-hydrogen) atoms. The Labute approximate surface area is 111 Å². The maximum Gasteiger partial charge on any atom is 0.300 e. The van der Waals surface area contributed by atoms with E-state index in [1.54, 1.807) is 0 Å². The van der Waals surface area contributed by atoms with Crippen molar-refractivity contribution in [2.75, 3.05) is 6.54 Å². The minimum atomic E-state index is -0.833. The van der Waals surface area contributed by atoms with E-state index >= 15 is 0 Å². The molecule has 3 fully saturated rings. The molecule has 0 aliphatic heterocycles. The fraction of sp³-hybridized carbons (Fsp3) is 0.933. The molecule has 3 atom stereocenters. The van der Waals surface area contributed by atoms with Gasteiger partial charge in [-0.3, -0.25) is 4.79 Å². The highest BCUT2D eigenvalue weighted by Crippen LogP contribution is 2.50. The average molecular weight is 255 g/mol. The lowest BCUT2D eigenvalue weighted by atomic mass is 9.67. The second kappa shape index (κ2) is 7.78. The van der Waals surface area contributed by atoms with Crippen LogP contribution in [0.3, 0.4) is 0 Å². The van der Waals surface area contributed by atoms with E-state index in [4.69, 9.17) is 15.6 Å². The molecule has 3 aliphatic rings. The second-order valence-electron chi connectivity index (χ2n) is 6.14. The Morgan fingerprint density at radius 3 is 2.06 bits per heavy atom. The van der Waals surface area contributed by atoms with Crippen molar-refractivity contribution in [1.29, 1.82) is 0 Å². The number of hydrogen-bond acceptors (Lipinski definition) is 2. The van der Waals surface area contributed by atoms with Crippen LogP contribution in [-0.4, -0.2) is 17.6 Å². The minimum Gasteiger partial charge on any atom is -0.481 e. The Kier molecular flexibility index (Phi) is 6.69. The highest BCUT2D eigenvalue weighted by molar-refractivity contribution is 5.62. The van der Waals surface area contributed by atoms with Crippen LogP contribution in [0.15, 0.2) is 0 Å². The van der Waals surface area contributed by atoms with Gasteiger partial charge in [-0.15, -0.1) is 0 Å². The van der Waals surface area contributed by atoms with E-state index < -0.39 is 5.97 Å². The summed E-state index contributed by atoms with van der Waals surface area (Å²) in [6, 6.07) is 0. The Morgan fingerprint density at radius 2 is 1.72 bits per heavy atom. The van der Waals surface area contributed by atoms with Crippen molar-refractivity contribution in [3.05, 3.63) is 0 Å². The second-order valence-corrected chi connectivity index (χ2v) is 6.14. The van der Waals surface area contributed by atoms with Crippen molar-refractivity contribution in [3.63, 3.8) is 0 Å². The molecule has 0 saturated heterocycles. The van der Waals surface area contributed by atoms with Gasteiger partial charge in [-0.2, -0.15) is 0 Å². The summed E-state index contributed by atoms with van der Waals surface area (Å²) in [5.74, 6) is 3.29. The summed E-state index contributed by atoms with van der Waals surface area (Å²) in [5, 5.41) is 7.42. The van der Waals surface area contributed by atoms with Crippen LogP contribution in [-0.2, 0) is 4.79 Å². The van der Waals surface area contributed by atoms with Gasteiger partial charge in [-0.25, -0.2) is 0 Å². The van der Waals surface area contributed by atoms with Crippen LogP contribution >= 0.6 is 0 Å². The van der Waals surface area contributed by atoms with Crippen LogP contribution in [0.2, 0.25) is 0 Å². The summed E-state index contributed by atoms with van der Waals surface area (Å²) in [5.41, 5.74) is 5.59. The Hall–Kier alpha value is -0.570. The maximum absolute atomic E-state index is 9.00. The van der Waals surface area contributed by atoms with Crippen molar-refractivity contribution in [2.45, 2.75) is 58.8 Å². The highest BCUT2D eigenvalue weighted by Gasteiger charge is 2.42. The zero-order chi connectivity index (χ0) is 13.5. The summed E-state index contributed by atoms with van der Waals surface area (Å²) in [6.07, 6.45) is 10.4. The first-order valence-corrected chi connectivity index (χ1v) is 7.44. The molecule has 3 N–H and O–H groups in total. The van der Waals surface area contributed by atoms with Crippen LogP contribution in [0, 0.1) is 23.7 Å². The average Bonchev–Trinajstić information content (AvgIpc) is 2.58. The van der Waals surface area contributed by atoms with Gasteiger partial charge in [0.25, 0.3) is 5.97 Å². The first-order valence-electron chi connectivity index (χ1n) is 7.44. The summed E-state index contributed by atoms with van der Waals surface area (Å²) in [7, 11) is 0. The predicted octanol–water partition coefficient (Wildman–Crippen LogP) is 3.28. The fourth-order valence-corrected chi connectivity index (χ4v) is 3.23. The Morgan fingerprint density at radius 1 is 1.22 bits per heavy atom. The van der Waals surface area contributed by atoms with E-state index in [9.17, 15) is 0 Å². The van der Waals surface area contributed by atoms with Gasteiger partial charge in [0.1, 0.15) is 0 Å². The summed E-state index contributed by atoms with van der Waals surface area (Å²) >= 11 is 0. The van der Waals surface area contributed by atoms with E-state index in [-0.39, 0.29) is 0 Å². The SMILES string of the molecule is CC(=O)O.CC1CCC1.NCC1CC2CCCC12. The normalized spacial score (nSPS) is 32.7. The first kappa shape index (κ1) is 15.5. The van der Waals surface area contributed by atoms with Crippen LogP contribution < -0.4 is 5.73 Å². The quantitative estimate of drug-likeness (QED) is 0.755. The number of rotatable bonds is 1. The molecule has 0 heterocycles. The third kappa shape index (κ3) is 4.97. The van der Waals surface area contributed by atoms with Crippen molar-refractivity contribution in [3.8, 4) is 0 Å². The molecule has 0 aromatic carbocycles. The molecule has 106 valence electrons. The number of nitrogens with two attached hydrogens (primary N) is 1. The topological polar surface area (TPSA) is 63.3 Å².